The van der Waals surface area contributed by atoms with Gasteiger partial charge in [-0.05, 0) is 35.4 Å². The highest BCUT2D eigenvalue weighted by molar-refractivity contribution is 7.10. The summed E-state index contributed by atoms with van der Waals surface area (Å²) >= 11 is 1.62. The predicted octanol–water partition coefficient (Wildman–Crippen LogP) is 4.29. The average Bonchev–Trinajstić information content (AvgIpc) is 2.91. The zero-order valence-corrected chi connectivity index (χ0v) is 13.0. The Balaban J connectivity index is 1.93. The Bertz CT molecular complexity index is 543. The molecule has 0 aliphatic heterocycles. The zero-order chi connectivity index (χ0) is 14.5. The Kier molecular flexibility index (Phi) is 4.96. The van der Waals surface area contributed by atoms with E-state index in [1.165, 1.54) is 5.56 Å². The van der Waals surface area contributed by atoms with E-state index in [4.69, 9.17) is 0 Å². The van der Waals surface area contributed by atoms with Crippen LogP contribution in [0.15, 0.2) is 41.8 Å². The Morgan fingerprint density at radius 3 is 2.30 bits per heavy atom. The van der Waals surface area contributed by atoms with E-state index in [1.807, 2.05) is 24.4 Å². The number of amides is 1. The van der Waals surface area contributed by atoms with Crippen molar-refractivity contribution < 1.29 is 4.79 Å². The fourth-order valence-electron chi connectivity index (χ4n) is 2.12. The molecule has 0 spiro atoms. The Hall–Kier alpha value is -1.61. The van der Waals surface area contributed by atoms with Crippen LogP contribution in [0.25, 0.3) is 0 Å². The molecule has 2 rings (SSSR count). The minimum Gasteiger partial charge on any atom is -0.349 e. The van der Waals surface area contributed by atoms with Crippen LogP contribution in [0.1, 0.15) is 48.7 Å². The number of hydrogen-bond acceptors (Lipinski definition) is 2. The second-order valence-electron chi connectivity index (χ2n) is 5.37. The molecule has 3 heteroatoms. The number of nitrogens with one attached hydrogen (secondary N) is 1. The number of thiophene rings is 1. The third-order valence-electron chi connectivity index (χ3n) is 3.40. The second-order valence-corrected chi connectivity index (χ2v) is 6.40. The van der Waals surface area contributed by atoms with Crippen molar-refractivity contribution in [3.63, 3.8) is 0 Å². The predicted molar refractivity (Wildman–Crippen MR) is 85.1 cm³/mol. The molecule has 1 atom stereocenters. The van der Waals surface area contributed by atoms with Gasteiger partial charge in [-0.1, -0.05) is 44.2 Å². The molecule has 0 aliphatic rings. The lowest BCUT2D eigenvalue weighted by atomic mass is 9.99. The number of benzene rings is 1. The molecular weight excluding hydrogens is 266 g/mol. The van der Waals surface area contributed by atoms with Crippen LogP contribution in [0.5, 0.6) is 0 Å². The molecule has 2 nitrogen and oxygen atoms in total. The van der Waals surface area contributed by atoms with Gasteiger partial charge in [0.05, 0.1) is 12.5 Å². The summed E-state index contributed by atoms with van der Waals surface area (Å²) < 4.78 is 0. The van der Waals surface area contributed by atoms with Crippen LogP contribution in [0.2, 0.25) is 0 Å². The van der Waals surface area contributed by atoms with E-state index in [1.54, 1.807) is 11.3 Å². The van der Waals surface area contributed by atoms with Crippen molar-refractivity contribution in [1.82, 2.24) is 5.32 Å². The van der Waals surface area contributed by atoms with Crippen LogP contribution in [-0.4, -0.2) is 5.91 Å². The summed E-state index contributed by atoms with van der Waals surface area (Å²) in [6.45, 7) is 6.39. The van der Waals surface area contributed by atoms with Crippen LogP contribution in [-0.2, 0) is 11.2 Å². The van der Waals surface area contributed by atoms with Gasteiger partial charge in [-0.15, -0.1) is 11.3 Å². The summed E-state index contributed by atoms with van der Waals surface area (Å²) in [5, 5.41) is 5.05. The van der Waals surface area contributed by atoms with Crippen LogP contribution in [0.4, 0.5) is 0 Å². The minimum atomic E-state index is 0.0451. The van der Waals surface area contributed by atoms with Crippen molar-refractivity contribution in [2.24, 2.45) is 0 Å². The van der Waals surface area contributed by atoms with Crippen molar-refractivity contribution >= 4 is 17.2 Å². The molecule has 1 amide bonds. The normalized spacial score (nSPS) is 12.4. The number of rotatable bonds is 5. The van der Waals surface area contributed by atoms with Crippen LogP contribution in [0, 0.1) is 0 Å². The van der Waals surface area contributed by atoms with Crippen molar-refractivity contribution in [3.05, 3.63) is 57.8 Å². The SMILES string of the molecule is CC(C)c1ccc(C(C)NC(=O)Cc2cccs2)cc1. The summed E-state index contributed by atoms with van der Waals surface area (Å²) in [7, 11) is 0. The molecule has 0 fully saturated rings. The molecule has 0 saturated carbocycles. The Labute approximate surface area is 124 Å². The third-order valence-corrected chi connectivity index (χ3v) is 4.27. The summed E-state index contributed by atoms with van der Waals surface area (Å²) in [5.74, 6) is 0.612. The van der Waals surface area contributed by atoms with Gasteiger partial charge in [0.2, 0.25) is 5.91 Å². The first-order chi connectivity index (χ1) is 9.56. The molecule has 1 heterocycles. The van der Waals surface area contributed by atoms with Gasteiger partial charge in [0, 0.05) is 4.88 Å². The van der Waals surface area contributed by atoms with Crippen molar-refractivity contribution in [1.29, 1.82) is 0 Å². The van der Waals surface area contributed by atoms with Crippen LogP contribution < -0.4 is 5.32 Å². The first-order valence-corrected chi connectivity index (χ1v) is 7.86. The molecule has 0 aliphatic carbocycles. The number of carbonyl (C=O) groups excluding carboxylic acids is 1. The van der Waals surface area contributed by atoms with Crippen LogP contribution >= 0.6 is 11.3 Å². The maximum atomic E-state index is 12.0. The molecule has 0 bridgehead atoms. The Morgan fingerprint density at radius 2 is 1.75 bits per heavy atom. The largest absolute Gasteiger partial charge is 0.349 e. The molecule has 1 aromatic heterocycles. The average molecular weight is 287 g/mol. The lowest BCUT2D eigenvalue weighted by Crippen LogP contribution is -2.27. The van der Waals surface area contributed by atoms with E-state index < -0.39 is 0 Å². The van der Waals surface area contributed by atoms with Gasteiger partial charge in [-0.2, -0.15) is 0 Å². The zero-order valence-electron chi connectivity index (χ0n) is 12.2. The van der Waals surface area contributed by atoms with E-state index >= 15 is 0 Å². The highest BCUT2D eigenvalue weighted by atomic mass is 32.1. The summed E-state index contributed by atoms with van der Waals surface area (Å²) in [5.41, 5.74) is 2.47. The highest BCUT2D eigenvalue weighted by Crippen LogP contribution is 2.19. The van der Waals surface area contributed by atoms with Crippen LogP contribution in [0.3, 0.4) is 0 Å². The van der Waals surface area contributed by atoms with Gasteiger partial charge >= 0.3 is 0 Å². The van der Waals surface area contributed by atoms with Gasteiger partial charge in [-0.25, -0.2) is 0 Å². The van der Waals surface area contributed by atoms with E-state index in [0.717, 1.165) is 10.4 Å². The Morgan fingerprint density at radius 1 is 1.10 bits per heavy atom. The fraction of sp³-hybridized carbons (Fsp3) is 0.353. The molecule has 20 heavy (non-hydrogen) atoms. The third kappa shape index (κ3) is 3.94. The minimum absolute atomic E-state index is 0.0451. The first-order valence-electron chi connectivity index (χ1n) is 6.98. The second kappa shape index (κ2) is 6.71. The summed E-state index contributed by atoms with van der Waals surface area (Å²) in [6, 6.07) is 12.5. The van der Waals surface area contributed by atoms with Gasteiger partial charge in [-0.3, -0.25) is 4.79 Å². The topological polar surface area (TPSA) is 29.1 Å². The molecule has 106 valence electrons. The standard InChI is InChI=1S/C17H21NOS/c1-12(2)14-6-8-15(9-7-14)13(3)18-17(19)11-16-5-4-10-20-16/h4-10,12-13H,11H2,1-3H3,(H,18,19). The van der Waals surface area contributed by atoms with Crippen molar-refractivity contribution in [3.8, 4) is 0 Å². The number of carbonyl (C=O) groups is 1. The van der Waals surface area contributed by atoms with Gasteiger partial charge in [0.25, 0.3) is 0 Å². The molecular formula is C17H21NOS. The molecule has 1 unspecified atom stereocenters. The highest BCUT2D eigenvalue weighted by Gasteiger charge is 2.11. The maximum Gasteiger partial charge on any atom is 0.225 e. The molecule has 2 aromatic rings. The van der Waals surface area contributed by atoms with E-state index in [0.29, 0.717) is 12.3 Å². The van der Waals surface area contributed by atoms with Gasteiger partial charge in [0.15, 0.2) is 0 Å². The smallest absolute Gasteiger partial charge is 0.225 e. The van der Waals surface area contributed by atoms with Crippen molar-refractivity contribution in [2.45, 2.75) is 39.2 Å². The quantitative estimate of drug-likeness (QED) is 0.873. The number of hydrogen-bond donors (Lipinski definition) is 1. The summed E-state index contributed by atoms with van der Waals surface area (Å²) in [6.07, 6.45) is 0.464. The molecule has 1 aromatic carbocycles. The fourth-order valence-corrected chi connectivity index (χ4v) is 2.82. The lowest BCUT2D eigenvalue weighted by molar-refractivity contribution is -0.121. The first kappa shape index (κ1) is 14.8. The molecule has 0 radical (unpaired) electrons. The van der Waals surface area contributed by atoms with E-state index in [2.05, 4.69) is 43.4 Å². The molecule has 0 saturated heterocycles. The van der Waals surface area contributed by atoms with E-state index in [-0.39, 0.29) is 11.9 Å². The summed E-state index contributed by atoms with van der Waals surface area (Å²) in [4.78, 5) is 13.1. The van der Waals surface area contributed by atoms with Gasteiger partial charge in [0.1, 0.15) is 0 Å². The monoisotopic (exact) mass is 287 g/mol. The van der Waals surface area contributed by atoms with Gasteiger partial charge < -0.3 is 5.32 Å². The van der Waals surface area contributed by atoms with E-state index in [9.17, 15) is 4.79 Å². The maximum absolute atomic E-state index is 12.0. The lowest BCUT2D eigenvalue weighted by Gasteiger charge is -2.15. The van der Waals surface area contributed by atoms with Crippen molar-refractivity contribution in [2.75, 3.05) is 0 Å². The molecule has 1 N–H and O–H groups in total.